The van der Waals surface area contributed by atoms with E-state index in [2.05, 4.69) is 9.97 Å². The van der Waals surface area contributed by atoms with Crippen LogP contribution in [0.2, 0.25) is 0 Å². The van der Waals surface area contributed by atoms with Crippen molar-refractivity contribution in [2.24, 2.45) is 0 Å². The number of rotatable bonds is 3. The van der Waals surface area contributed by atoms with Gasteiger partial charge in [0.15, 0.2) is 0 Å². The molecular formula is C21H16N2O2. The lowest BCUT2D eigenvalue weighted by Gasteiger charge is -2.30. The second kappa shape index (κ2) is 5.98. The van der Waals surface area contributed by atoms with Crippen LogP contribution in [0.4, 0.5) is 0 Å². The lowest BCUT2D eigenvalue weighted by molar-refractivity contribution is -0.144. The first-order valence-electron chi connectivity index (χ1n) is 8.06. The second-order valence-corrected chi connectivity index (χ2v) is 5.87. The molecule has 0 saturated heterocycles. The SMILES string of the molecule is CC1=C(c2ccccc2)C(c2ccccn2)(c2ccccn2)OC1=O. The van der Waals surface area contributed by atoms with Gasteiger partial charge in [-0.15, -0.1) is 0 Å². The highest BCUT2D eigenvalue weighted by molar-refractivity contribution is 6.05. The van der Waals surface area contributed by atoms with Crippen molar-refractivity contribution in [3.8, 4) is 0 Å². The van der Waals surface area contributed by atoms with Crippen molar-refractivity contribution in [1.82, 2.24) is 9.97 Å². The normalized spacial score (nSPS) is 16.0. The van der Waals surface area contributed by atoms with E-state index in [0.29, 0.717) is 17.0 Å². The van der Waals surface area contributed by atoms with Crippen LogP contribution in [0.5, 0.6) is 0 Å². The van der Waals surface area contributed by atoms with Gasteiger partial charge in [0.1, 0.15) is 0 Å². The van der Waals surface area contributed by atoms with Crippen LogP contribution in [0.3, 0.4) is 0 Å². The molecule has 4 nitrogen and oxygen atoms in total. The smallest absolute Gasteiger partial charge is 0.335 e. The van der Waals surface area contributed by atoms with E-state index < -0.39 is 5.60 Å². The molecular weight excluding hydrogens is 312 g/mol. The first-order valence-corrected chi connectivity index (χ1v) is 8.06. The number of carbonyl (C=O) groups excluding carboxylic acids is 1. The van der Waals surface area contributed by atoms with Crippen molar-refractivity contribution in [1.29, 1.82) is 0 Å². The molecule has 1 aliphatic heterocycles. The summed E-state index contributed by atoms with van der Waals surface area (Å²) >= 11 is 0. The van der Waals surface area contributed by atoms with Gasteiger partial charge in [-0.25, -0.2) is 4.79 Å². The maximum atomic E-state index is 12.6. The number of cyclic esters (lactones) is 1. The highest BCUT2D eigenvalue weighted by Gasteiger charge is 2.51. The number of nitrogens with zero attached hydrogens (tertiary/aromatic N) is 2. The number of hydrogen-bond acceptors (Lipinski definition) is 4. The predicted octanol–water partition coefficient (Wildman–Crippen LogP) is 3.75. The van der Waals surface area contributed by atoms with Crippen molar-refractivity contribution in [2.75, 3.05) is 0 Å². The van der Waals surface area contributed by atoms with Gasteiger partial charge in [-0.05, 0) is 36.8 Å². The minimum Gasteiger partial charge on any atom is -0.437 e. The number of benzene rings is 1. The predicted molar refractivity (Wildman–Crippen MR) is 94.4 cm³/mol. The molecule has 0 saturated carbocycles. The van der Waals surface area contributed by atoms with E-state index in [1.54, 1.807) is 19.3 Å². The third-order valence-corrected chi connectivity index (χ3v) is 4.39. The molecule has 0 fully saturated rings. The van der Waals surface area contributed by atoms with Crippen LogP contribution >= 0.6 is 0 Å². The summed E-state index contributed by atoms with van der Waals surface area (Å²) < 4.78 is 5.96. The van der Waals surface area contributed by atoms with Crippen molar-refractivity contribution in [3.63, 3.8) is 0 Å². The average molecular weight is 328 g/mol. The lowest BCUT2D eigenvalue weighted by atomic mass is 9.81. The van der Waals surface area contributed by atoms with E-state index in [9.17, 15) is 4.79 Å². The summed E-state index contributed by atoms with van der Waals surface area (Å²) in [6, 6.07) is 21.0. The van der Waals surface area contributed by atoms with Gasteiger partial charge in [-0.2, -0.15) is 0 Å². The summed E-state index contributed by atoms with van der Waals surface area (Å²) in [7, 11) is 0. The van der Waals surface area contributed by atoms with Crippen molar-refractivity contribution in [2.45, 2.75) is 12.5 Å². The number of pyridine rings is 2. The monoisotopic (exact) mass is 328 g/mol. The number of carbonyl (C=O) groups is 1. The molecule has 0 radical (unpaired) electrons. The van der Waals surface area contributed by atoms with Crippen LogP contribution in [0, 0.1) is 0 Å². The van der Waals surface area contributed by atoms with Crippen LogP contribution < -0.4 is 0 Å². The van der Waals surface area contributed by atoms with Gasteiger partial charge in [0.2, 0.25) is 5.60 Å². The fraction of sp³-hybridized carbons (Fsp3) is 0.0952. The molecule has 0 bridgehead atoms. The summed E-state index contributed by atoms with van der Waals surface area (Å²) in [5.41, 5.74) is 2.40. The maximum absolute atomic E-state index is 12.6. The van der Waals surface area contributed by atoms with Gasteiger partial charge in [0.05, 0.1) is 11.4 Å². The Morgan fingerprint density at radius 2 is 1.36 bits per heavy atom. The minimum atomic E-state index is -1.15. The first kappa shape index (κ1) is 15.3. The molecule has 0 atom stereocenters. The quantitative estimate of drug-likeness (QED) is 0.687. The molecule has 0 spiro atoms. The number of ether oxygens (including phenoxy) is 1. The average Bonchev–Trinajstić information content (AvgIpc) is 2.96. The largest absolute Gasteiger partial charge is 0.437 e. The van der Waals surface area contributed by atoms with Gasteiger partial charge in [0.25, 0.3) is 0 Å². The minimum absolute atomic E-state index is 0.352. The Kier molecular flexibility index (Phi) is 3.65. The standard InChI is InChI=1S/C21H16N2O2/c1-15-19(16-9-3-2-4-10-16)21(25-20(15)24,17-11-5-7-13-22-17)18-12-6-8-14-23-18/h2-14H,1H3. The zero-order valence-corrected chi connectivity index (χ0v) is 13.7. The summed E-state index contributed by atoms with van der Waals surface area (Å²) in [6.07, 6.45) is 3.40. The molecule has 25 heavy (non-hydrogen) atoms. The van der Waals surface area contributed by atoms with Gasteiger partial charge >= 0.3 is 5.97 Å². The number of hydrogen-bond donors (Lipinski definition) is 0. The zero-order chi connectivity index (χ0) is 17.3. The fourth-order valence-corrected chi connectivity index (χ4v) is 3.29. The first-order chi connectivity index (χ1) is 12.2. The van der Waals surface area contributed by atoms with E-state index in [1.165, 1.54) is 0 Å². The van der Waals surface area contributed by atoms with E-state index in [1.807, 2.05) is 66.7 Å². The van der Waals surface area contributed by atoms with E-state index >= 15 is 0 Å². The van der Waals surface area contributed by atoms with Gasteiger partial charge < -0.3 is 4.74 Å². The Hall–Kier alpha value is -3.27. The zero-order valence-electron chi connectivity index (χ0n) is 13.7. The maximum Gasteiger partial charge on any atom is 0.335 e. The highest BCUT2D eigenvalue weighted by atomic mass is 16.6. The summed E-state index contributed by atoms with van der Waals surface area (Å²) in [4.78, 5) is 21.6. The van der Waals surface area contributed by atoms with Gasteiger partial charge in [-0.3, -0.25) is 9.97 Å². The Labute approximate surface area is 145 Å². The molecule has 4 rings (SSSR count). The molecule has 122 valence electrons. The summed E-state index contributed by atoms with van der Waals surface area (Å²) in [5, 5.41) is 0. The highest BCUT2D eigenvalue weighted by Crippen LogP contribution is 2.49. The van der Waals surface area contributed by atoms with E-state index in [4.69, 9.17) is 4.74 Å². The second-order valence-electron chi connectivity index (χ2n) is 5.87. The Morgan fingerprint density at radius 1 is 0.800 bits per heavy atom. The Bertz CT molecular complexity index is 896. The molecule has 0 aliphatic carbocycles. The van der Waals surface area contributed by atoms with Crippen molar-refractivity contribution < 1.29 is 9.53 Å². The van der Waals surface area contributed by atoms with E-state index in [-0.39, 0.29) is 5.97 Å². The molecule has 1 aromatic carbocycles. The number of aromatic nitrogens is 2. The van der Waals surface area contributed by atoms with Crippen molar-refractivity contribution in [3.05, 3.63) is 102 Å². The van der Waals surface area contributed by atoms with Gasteiger partial charge in [-0.1, -0.05) is 42.5 Å². The summed E-state index contributed by atoms with van der Waals surface area (Å²) in [6.45, 7) is 1.79. The molecule has 2 aromatic heterocycles. The Morgan fingerprint density at radius 3 is 1.88 bits per heavy atom. The molecule has 0 amide bonds. The molecule has 0 unspecified atom stereocenters. The summed E-state index contributed by atoms with van der Waals surface area (Å²) in [5.74, 6) is -0.352. The molecule has 3 heterocycles. The van der Waals surface area contributed by atoms with Crippen LogP contribution in [0.1, 0.15) is 23.9 Å². The third-order valence-electron chi connectivity index (χ3n) is 4.39. The van der Waals surface area contributed by atoms with Crippen LogP contribution in [0.15, 0.2) is 84.7 Å². The fourth-order valence-electron chi connectivity index (χ4n) is 3.29. The third kappa shape index (κ3) is 2.34. The van der Waals surface area contributed by atoms with E-state index in [0.717, 1.165) is 11.1 Å². The Balaban J connectivity index is 2.06. The molecule has 0 N–H and O–H groups in total. The lowest BCUT2D eigenvalue weighted by Crippen LogP contribution is -2.32. The number of esters is 1. The van der Waals surface area contributed by atoms with Crippen LogP contribution in [-0.4, -0.2) is 15.9 Å². The molecule has 3 aromatic rings. The van der Waals surface area contributed by atoms with Crippen LogP contribution in [-0.2, 0) is 15.1 Å². The van der Waals surface area contributed by atoms with Crippen LogP contribution in [0.25, 0.3) is 5.57 Å². The topological polar surface area (TPSA) is 52.1 Å². The molecule has 1 aliphatic rings. The van der Waals surface area contributed by atoms with Crippen molar-refractivity contribution >= 4 is 11.5 Å². The van der Waals surface area contributed by atoms with Gasteiger partial charge in [0, 0.05) is 23.5 Å². The molecule has 4 heteroatoms.